The van der Waals surface area contributed by atoms with Crippen molar-refractivity contribution in [1.29, 1.82) is 0 Å². The largest absolute Gasteiger partial charge is 0.490 e. The molecule has 1 aromatic heterocycles. The first-order valence-corrected chi connectivity index (χ1v) is 14.4. The second-order valence-corrected chi connectivity index (χ2v) is 11.7. The van der Waals surface area contributed by atoms with Crippen molar-refractivity contribution in [3.8, 4) is 22.6 Å². The normalized spacial score (nSPS) is 14.3. The van der Waals surface area contributed by atoms with E-state index in [2.05, 4.69) is 35.1 Å². The van der Waals surface area contributed by atoms with E-state index in [-0.39, 0.29) is 4.90 Å². The zero-order valence-electron chi connectivity index (χ0n) is 20.0. The Morgan fingerprint density at radius 1 is 0.757 bits per heavy atom. The standard InChI is InChI=1S/C30H25NO4S2/c32-37(33,24-15-16-26-27(20-24)35-18-8-17-34-26)31-29(22-11-5-2-6-12-22)28-19-23-13-7-14-25(30(23)36-28)21-9-3-1-4-10-21/h1-7,9-16,19-20,29,31H,8,17-18H2/t29-/m0/s1. The molecule has 0 spiro atoms. The Morgan fingerprint density at radius 2 is 1.49 bits per heavy atom. The van der Waals surface area contributed by atoms with E-state index in [4.69, 9.17) is 9.47 Å². The number of sulfonamides is 1. The summed E-state index contributed by atoms with van der Waals surface area (Å²) in [6, 6.07) is 32.4. The maximum atomic E-state index is 13.7. The van der Waals surface area contributed by atoms with Gasteiger partial charge in [-0.1, -0.05) is 78.9 Å². The summed E-state index contributed by atoms with van der Waals surface area (Å²) in [4.78, 5) is 1.06. The number of benzene rings is 4. The monoisotopic (exact) mass is 527 g/mol. The number of ether oxygens (including phenoxy) is 2. The first-order valence-electron chi connectivity index (χ1n) is 12.1. The van der Waals surface area contributed by atoms with Crippen LogP contribution in [0.4, 0.5) is 0 Å². The molecule has 5 nitrogen and oxygen atoms in total. The van der Waals surface area contributed by atoms with Gasteiger partial charge in [-0.15, -0.1) is 11.3 Å². The number of nitrogens with one attached hydrogen (secondary N) is 1. The molecule has 5 aromatic rings. The van der Waals surface area contributed by atoms with E-state index in [9.17, 15) is 8.42 Å². The van der Waals surface area contributed by atoms with Crippen LogP contribution in [-0.4, -0.2) is 21.6 Å². The van der Waals surface area contributed by atoms with E-state index in [1.807, 2.05) is 54.6 Å². The van der Waals surface area contributed by atoms with Crippen molar-refractivity contribution < 1.29 is 17.9 Å². The average molecular weight is 528 g/mol. The molecule has 2 heterocycles. The van der Waals surface area contributed by atoms with Crippen molar-refractivity contribution in [2.24, 2.45) is 0 Å². The zero-order chi connectivity index (χ0) is 25.2. The highest BCUT2D eigenvalue weighted by atomic mass is 32.2. The summed E-state index contributed by atoms with van der Waals surface area (Å²) in [6.07, 6.45) is 0.752. The summed E-state index contributed by atoms with van der Waals surface area (Å²) >= 11 is 1.61. The molecular weight excluding hydrogens is 502 g/mol. The Kier molecular flexibility index (Phi) is 6.42. The lowest BCUT2D eigenvalue weighted by Gasteiger charge is -2.19. The predicted octanol–water partition coefficient (Wildman–Crippen LogP) is 6.80. The van der Waals surface area contributed by atoms with Gasteiger partial charge in [0.2, 0.25) is 10.0 Å². The second kappa shape index (κ2) is 10.0. The highest BCUT2D eigenvalue weighted by Gasteiger charge is 2.26. The molecule has 6 rings (SSSR count). The van der Waals surface area contributed by atoms with Crippen LogP contribution in [0.15, 0.2) is 108 Å². The molecule has 0 fully saturated rings. The van der Waals surface area contributed by atoms with Crippen LogP contribution in [0.5, 0.6) is 11.5 Å². The third-order valence-corrected chi connectivity index (χ3v) is 9.04. The van der Waals surface area contributed by atoms with Crippen LogP contribution in [0.25, 0.3) is 21.2 Å². The third-order valence-electron chi connectivity index (χ3n) is 6.37. The topological polar surface area (TPSA) is 64.6 Å². The van der Waals surface area contributed by atoms with Crippen LogP contribution in [0.1, 0.15) is 22.9 Å². The fourth-order valence-electron chi connectivity index (χ4n) is 4.54. The minimum absolute atomic E-state index is 0.142. The SMILES string of the molecule is O=S(=O)(N[C@@H](c1ccccc1)c1cc2cccc(-c3ccccc3)c2s1)c1ccc2c(c1)OCCCO2. The molecule has 1 aliphatic heterocycles. The molecule has 4 aromatic carbocycles. The van der Waals surface area contributed by atoms with Gasteiger partial charge in [-0.3, -0.25) is 0 Å². The quantitative estimate of drug-likeness (QED) is 0.264. The summed E-state index contributed by atoms with van der Waals surface area (Å²) in [6.45, 7) is 1.03. The molecule has 1 N–H and O–H groups in total. The molecule has 0 aliphatic carbocycles. The number of fused-ring (bicyclic) bond motifs is 2. The van der Waals surface area contributed by atoms with Crippen LogP contribution in [-0.2, 0) is 10.0 Å². The van der Waals surface area contributed by atoms with Gasteiger partial charge in [0.05, 0.1) is 24.2 Å². The molecular formula is C30H25NO4S2. The first-order chi connectivity index (χ1) is 18.1. The lowest BCUT2D eigenvalue weighted by molar-refractivity contribution is 0.297. The van der Waals surface area contributed by atoms with Crippen molar-refractivity contribution >= 4 is 31.4 Å². The van der Waals surface area contributed by atoms with Gasteiger partial charge in [-0.2, -0.15) is 4.72 Å². The van der Waals surface area contributed by atoms with E-state index < -0.39 is 16.1 Å². The first kappa shape index (κ1) is 23.7. The molecule has 1 atom stereocenters. The van der Waals surface area contributed by atoms with E-state index in [0.29, 0.717) is 24.7 Å². The van der Waals surface area contributed by atoms with Gasteiger partial charge in [0.15, 0.2) is 11.5 Å². The predicted molar refractivity (Wildman–Crippen MR) is 148 cm³/mol. The number of hydrogen-bond acceptors (Lipinski definition) is 5. The van der Waals surface area contributed by atoms with E-state index in [1.54, 1.807) is 29.5 Å². The molecule has 7 heteroatoms. The zero-order valence-corrected chi connectivity index (χ0v) is 21.6. The maximum Gasteiger partial charge on any atom is 0.241 e. The fraction of sp³-hybridized carbons (Fsp3) is 0.133. The number of thiophene rings is 1. The van der Waals surface area contributed by atoms with Crippen molar-refractivity contribution in [2.75, 3.05) is 13.2 Å². The Labute approximate surface area is 220 Å². The third kappa shape index (κ3) is 4.85. The van der Waals surface area contributed by atoms with Crippen LogP contribution in [0.2, 0.25) is 0 Å². The van der Waals surface area contributed by atoms with Gasteiger partial charge >= 0.3 is 0 Å². The van der Waals surface area contributed by atoms with Gasteiger partial charge in [-0.25, -0.2) is 8.42 Å². The van der Waals surface area contributed by atoms with Crippen LogP contribution < -0.4 is 14.2 Å². The van der Waals surface area contributed by atoms with Gasteiger partial charge in [-0.05, 0) is 40.3 Å². The van der Waals surface area contributed by atoms with Gasteiger partial charge in [0.1, 0.15) is 0 Å². The smallest absolute Gasteiger partial charge is 0.241 e. The minimum Gasteiger partial charge on any atom is -0.490 e. The van der Waals surface area contributed by atoms with Crippen LogP contribution >= 0.6 is 11.3 Å². The number of hydrogen-bond donors (Lipinski definition) is 1. The van der Waals surface area contributed by atoms with E-state index in [1.165, 1.54) is 0 Å². The summed E-state index contributed by atoms with van der Waals surface area (Å²) in [5.74, 6) is 1.01. The lowest BCUT2D eigenvalue weighted by atomic mass is 10.0. The second-order valence-electron chi connectivity index (χ2n) is 8.86. The van der Waals surface area contributed by atoms with Crippen molar-refractivity contribution in [3.05, 3.63) is 114 Å². The summed E-state index contributed by atoms with van der Waals surface area (Å²) in [5, 5.41) is 1.08. The summed E-state index contributed by atoms with van der Waals surface area (Å²) < 4.78 is 42.8. The maximum absolute atomic E-state index is 13.7. The van der Waals surface area contributed by atoms with E-state index in [0.717, 1.165) is 38.1 Å². The molecule has 0 radical (unpaired) electrons. The Hall–Kier alpha value is -3.65. The minimum atomic E-state index is -3.88. The molecule has 0 bridgehead atoms. The molecule has 0 saturated carbocycles. The molecule has 0 unspecified atom stereocenters. The van der Waals surface area contributed by atoms with Gasteiger partial charge in [0, 0.05) is 22.1 Å². The Bertz CT molecular complexity index is 1650. The molecule has 186 valence electrons. The average Bonchev–Trinajstić information content (AvgIpc) is 3.23. The molecule has 0 amide bonds. The molecule has 0 saturated heterocycles. The molecule has 1 aliphatic rings. The lowest BCUT2D eigenvalue weighted by Crippen LogP contribution is -2.29. The fourth-order valence-corrected chi connectivity index (χ4v) is 7.11. The van der Waals surface area contributed by atoms with Crippen molar-refractivity contribution in [2.45, 2.75) is 17.4 Å². The molecule has 37 heavy (non-hydrogen) atoms. The van der Waals surface area contributed by atoms with Gasteiger partial charge < -0.3 is 9.47 Å². The van der Waals surface area contributed by atoms with Crippen LogP contribution in [0, 0.1) is 0 Å². The highest BCUT2D eigenvalue weighted by Crippen LogP contribution is 2.40. The Balaban J connectivity index is 1.42. The van der Waals surface area contributed by atoms with E-state index >= 15 is 0 Å². The Morgan fingerprint density at radius 3 is 2.27 bits per heavy atom. The van der Waals surface area contributed by atoms with Gasteiger partial charge in [0.25, 0.3) is 0 Å². The highest BCUT2D eigenvalue weighted by molar-refractivity contribution is 7.89. The summed E-state index contributed by atoms with van der Waals surface area (Å²) in [7, 11) is -3.88. The summed E-state index contributed by atoms with van der Waals surface area (Å²) in [5.41, 5.74) is 3.13. The van der Waals surface area contributed by atoms with Crippen molar-refractivity contribution in [3.63, 3.8) is 0 Å². The van der Waals surface area contributed by atoms with Crippen LogP contribution in [0.3, 0.4) is 0 Å². The van der Waals surface area contributed by atoms with Crippen molar-refractivity contribution in [1.82, 2.24) is 4.72 Å². The number of rotatable bonds is 6.